The van der Waals surface area contributed by atoms with E-state index >= 15 is 0 Å². The van der Waals surface area contributed by atoms with Gasteiger partial charge in [-0.2, -0.15) is 0 Å². The van der Waals surface area contributed by atoms with E-state index in [1.807, 2.05) is 14.0 Å². The minimum atomic E-state index is -0.251. The molecule has 0 unspecified atom stereocenters. The maximum absolute atomic E-state index is 12.9. The predicted octanol–water partition coefficient (Wildman–Crippen LogP) is 2.13. The van der Waals surface area contributed by atoms with Crippen molar-refractivity contribution in [2.45, 2.75) is 13.3 Å². The quantitative estimate of drug-likeness (QED) is 0.804. The minimum absolute atomic E-state index is 0.0920. The molecule has 0 radical (unpaired) electrons. The number of hydrogen-bond acceptors (Lipinski definition) is 4. The first-order valence-electron chi connectivity index (χ1n) is 6.73. The summed E-state index contributed by atoms with van der Waals surface area (Å²) in [5.74, 6) is -0.343. The van der Waals surface area contributed by atoms with E-state index in [0.717, 1.165) is 22.8 Å². The first kappa shape index (κ1) is 15.6. The predicted molar refractivity (Wildman–Crippen MR) is 82.3 cm³/mol. The lowest BCUT2D eigenvalue weighted by Crippen LogP contribution is -2.30. The Morgan fingerprint density at radius 2 is 2.00 bits per heavy atom. The van der Waals surface area contributed by atoms with Gasteiger partial charge in [-0.05, 0) is 31.7 Å². The van der Waals surface area contributed by atoms with Gasteiger partial charge in [-0.3, -0.25) is 4.79 Å². The van der Waals surface area contributed by atoms with Gasteiger partial charge in [0.15, 0.2) is 0 Å². The summed E-state index contributed by atoms with van der Waals surface area (Å²) >= 11 is 1.39. The van der Waals surface area contributed by atoms with Crippen LogP contribution in [0.25, 0.3) is 0 Å². The molecule has 1 heterocycles. The van der Waals surface area contributed by atoms with Gasteiger partial charge in [-0.1, -0.05) is 12.1 Å². The van der Waals surface area contributed by atoms with Crippen LogP contribution in [0.1, 0.15) is 25.9 Å². The molecular weight excluding hydrogens is 289 g/mol. The molecule has 0 aliphatic carbocycles. The molecule has 0 atom stereocenters. The Bertz CT molecular complexity index is 610. The maximum Gasteiger partial charge on any atom is 0.263 e. The van der Waals surface area contributed by atoms with Crippen molar-refractivity contribution in [3.8, 4) is 0 Å². The number of aryl methyl sites for hydroxylation is 1. The summed E-state index contributed by atoms with van der Waals surface area (Å²) < 4.78 is 12.9. The van der Waals surface area contributed by atoms with Crippen LogP contribution in [0.5, 0.6) is 0 Å². The van der Waals surface area contributed by atoms with Gasteiger partial charge in [0, 0.05) is 19.5 Å². The van der Waals surface area contributed by atoms with Crippen molar-refractivity contribution >= 4 is 17.2 Å². The number of rotatable bonds is 6. The average molecular weight is 307 g/mol. The molecule has 4 nitrogen and oxygen atoms in total. The molecule has 2 N–H and O–H groups in total. The summed E-state index contributed by atoms with van der Waals surface area (Å²) in [6.07, 6.45) is 0.607. The zero-order valence-electron chi connectivity index (χ0n) is 12.1. The zero-order valence-corrected chi connectivity index (χ0v) is 12.9. The number of nitrogens with one attached hydrogen (secondary N) is 2. The van der Waals surface area contributed by atoms with E-state index < -0.39 is 0 Å². The molecule has 0 saturated heterocycles. The number of amides is 1. The molecule has 0 saturated carbocycles. The summed E-state index contributed by atoms with van der Waals surface area (Å²) in [5, 5.41) is 6.68. The van der Waals surface area contributed by atoms with Gasteiger partial charge in [0.05, 0.1) is 10.7 Å². The van der Waals surface area contributed by atoms with E-state index in [-0.39, 0.29) is 11.7 Å². The summed E-state index contributed by atoms with van der Waals surface area (Å²) in [6, 6.07) is 6.33. The second-order valence-electron chi connectivity index (χ2n) is 4.68. The van der Waals surface area contributed by atoms with Crippen LogP contribution in [0.2, 0.25) is 0 Å². The Balaban J connectivity index is 2.04. The number of halogens is 1. The van der Waals surface area contributed by atoms with E-state index in [1.54, 1.807) is 12.1 Å². The van der Waals surface area contributed by atoms with Crippen molar-refractivity contribution in [1.82, 2.24) is 15.6 Å². The normalized spacial score (nSPS) is 10.6. The van der Waals surface area contributed by atoms with E-state index in [0.29, 0.717) is 17.8 Å². The summed E-state index contributed by atoms with van der Waals surface area (Å²) in [6.45, 7) is 3.14. The molecule has 0 fully saturated rings. The Hall–Kier alpha value is -1.79. The van der Waals surface area contributed by atoms with Crippen LogP contribution in [0.3, 0.4) is 0 Å². The molecule has 2 rings (SSSR count). The minimum Gasteiger partial charge on any atom is -0.350 e. The fraction of sp³-hybridized carbons (Fsp3) is 0.333. The molecule has 0 aliphatic heterocycles. The largest absolute Gasteiger partial charge is 0.350 e. The molecule has 6 heteroatoms. The molecule has 112 valence electrons. The lowest BCUT2D eigenvalue weighted by atomic mass is 10.1. The SMILES string of the molecule is CNCCNC(=O)c1sc(Cc2ccc(F)cc2)nc1C. The highest BCUT2D eigenvalue weighted by Gasteiger charge is 2.15. The van der Waals surface area contributed by atoms with Crippen LogP contribution < -0.4 is 10.6 Å². The molecule has 0 spiro atoms. The lowest BCUT2D eigenvalue weighted by molar-refractivity contribution is 0.0957. The Kier molecular flexibility index (Phi) is 5.41. The van der Waals surface area contributed by atoms with Crippen molar-refractivity contribution in [3.63, 3.8) is 0 Å². The molecule has 0 aliphatic rings. The van der Waals surface area contributed by atoms with E-state index in [2.05, 4.69) is 15.6 Å². The average Bonchev–Trinajstić information content (AvgIpc) is 2.82. The first-order chi connectivity index (χ1) is 10.1. The van der Waals surface area contributed by atoms with Crippen LogP contribution in [0, 0.1) is 12.7 Å². The van der Waals surface area contributed by atoms with Crippen molar-refractivity contribution < 1.29 is 9.18 Å². The third-order valence-corrected chi connectivity index (χ3v) is 4.13. The molecule has 1 amide bonds. The van der Waals surface area contributed by atoms with Crippen LogP contribution in [0.15, 0.2) is 24.3 Å². The molecular formula is C15H18FN3OS. The highest BCUT2D eigenvalue weighted by Crippen LogP contribution is 2.21. The maximum atomic E-state index is 12.9. The Morgan fingerprint density at radius 1 is 1.29 bits per heavy atom. The highest BCUT2D eigenvalue weighted by atomic mass is 32.1. The second-order valence-corrected chi connectivity index (χ2v) is 5.77. The monoisotopic (exact) mass is 307 g/mol. The standard InChI is InChI=1S/C15H18FN3OS/c1-10-14(15(20)18-8-7-17-2)21-13(19-10)9-11-3-5-12(16)6-4-11/h3-6,17H,7-9H2,1-2H3,(H,18,20). The van der Waals surface area contributed by atoms with E-state index in [4.69, 9.17) is 0 Å². The fourth-order valence-corrected chi connectivity index (χ4v) is 2.91. The lowest BCUT2D eigenvalue weighted by Gasteiger charge is -2.02. The van der Waals surface area contributed by atoms with E-state index in [9.17, 15) is 9.18 Å². The zero-order chi connectivity index (χ0) is 15.2. The smallest absolute Gasteiger partial charge is 0.263 e. The molecule has 2 aromatic rings. The Labute approximate surface area is 127 Å². The topological polar surface area (TPSA) is 54.0 Å². The number of hydrogen-bond donors (Lipinski definition) is 2. The third-order valence-electron chi connectivity index (χ3n) is 2.98. The van der Waals surface area contributed by atoms with E-state index in [1.165, 1.54) is 23.5 Å². The number of nitrogens with zero attached hydrogens (tertiary/aromatic N) is 1. The van der Waals surface area contributed by atoms with Gasteiger partial charge in [0.1, 0.15) is 10.7 Å². The van der Waals surface area contributed by atoms with Gasteiger partial charge in [0.2, 0.25) is 0 Å². The van der Waals surface area contributed by atoms with Crippen LogP contribution in [-0.2, 0) is 6.42 Å². The first-order valence-corrected chi connectivity index (χ1v) is 7.55. The highest BCUT2D eigenvalue weighted by molar-refractivity contribution is 7.13. The van der Waals surface area contributed by atoms with Crippen LogP contribution >= 0.6 is 11.3 Å². The molecule has 21 heavy (non-hydrogen) atoms. The van der Waals surface area contributed by atoms with Crippen molar-refractivity contribution in [3.05, 3.63) is 51.2 Å². The summed E-state index contributed by atoms with van der Waals surface area (Å²) in [4.78, 5) is 17.1. The second kappa shape index (κ2) is 7.28. The van der Waals surface area contributed by atoms with Crippen molar-refractivity contribution in [1.29, 1.82) is 0 Å². The van der Waals surface area contributed by atoms with Gasteiger partial charge in [-0.25, -0.2) is 9.37 Å². The number of carbonyl (C=O) groups is 1. The van der Waals surface area contributed by atoms with Crippen LogP contribution in [0.4, 0.5) is 4.39 Å². The fourth-order valence-electron chi connectivity index (χ4n) is 1.90. The number of likely N-dealkylation sites (N-methyl/N-ethyl adjacent to an activating group) is 1. The summed E-state index contributed by atoms with van der Waals surface area (Å²) in [5.41, 5.74) is 1.71. The number of carbonyl (C=O) groups excluding carboxylic acids is 1. The molecule has 0 bridgehead atoms. The Morgan fingerprint density at radius 3 is 2.67 bits per heavy atom. The van der Waals surface area contributed by atoms with Gasteiger partial charge < -0.3 is 10.6 Å². The summed E-state index contributed by atoms with van der Waals surface area (Å²) in [7, 11) is 1.84. The van der Waals surface area contributed by atoms with Gasteiger partial charge in [0.25, 0.3) is 5.91 Å². The number of aromatic nitrogens is 1. The molecule has 1 aromatic heterocycles. The molecule has 1 aromatic carbocycles. The van der Waals surface area contributed by atoms with Crippen molar-refractivity contribution in [2.24, 2.45) is 0 Å². The van der Waals surface area contributed by atoms with Gasteiger partial charge >= 0.3 is 0 Å². The van der Waals surface area contributed by atoms with Crippen LogP contribution in [-0.4, -0.2) is 31.0 Å². The number of benzene rings is 1. The number of thiazole rings is 1. The third kappa shape index (κ3) is 4.34. The van der Waals surface area contributed by atoms with Gasteiger partial charge in [-0.15, -0.1) is 11.3 Å². The van der Waals surface area contributed by atoms with Crippen molar-refractivity contribution in [2.75, 3.05) is 20.1 Å².